The number of rotatable bonds is 3. The van der Waals surface area contributed by atoms with Gasteiger partial charge in [0.1, 0.15) is 12.4 Å². The van der Waals surface area contributed by atoms with Crippen molar-refractivity contribution in [2.24, 2.45) is 0 Å². The van der Waals surface area contributed by atoms with E-state index in [1.807, 2.05) is 12.1 Å². The SMILES string of the molecule is O=C(c1ccc(-c2cccc(Cl)c2Cl)o1)N1CCN(C(=O)[C@@H]2COc3ccccc3O2)CC1. The molecule has 33 heavy (non-hydrogen) atoms. The highest BCUT2D eigenvalue weighted by atomic mass is 35.5. The van der Waals surface area contributed by atoms with E-state index in [0.717, 1.165) is 0 Å². The molecule has 2 amide bonds. The Morgan fingerprint density at radius 1 is 0.848 bits per heavy atom. The van der Waals surface area contributed by atoms with Gasteiger partial charge in [0.2, 0.25) is 6.10 Å². The van der Waals surface area contributed by atoms with Crippen molar-refractivity contribution >= 4 is 35.0 Å². The molecule has 2 aliphatic heterocycles. The van der Waals surface area contributed by atoms with Gasteiger partial charge in [-0.15, -0.1) is 0 Å². The minimum absolute atomic E-state index is 0.146. The summed E-state index contributed by atoms with van der Waals surface area (Å²) in [5.41, 5.74) is 0.620. The minimum atomic E-state index is -0.697. The number of carbonyl (C=O) groups excluding carboxylic acids is 2. The number of hydrogen-bond acceptors (Lipinski definition) is 5. The third kappa shape index (κ3) is 4.26. The fraction of sp³-hybridized carbons (Fsp3) is 0.250. The Balaban J connectivity index is 1.20. The summed E-state index contributed by atoms with van der Waals surface area (Å²) in [6.07, 6.45) is -0.697. The number of nitrogens with zero attached hydrogens (tertiary/aromatic N) is 2. The lowest BCUT2D eigenvalue weighted by Gasteiger charge is -2.36. The molecule has 3 aromatic rings. The molecule has 3 heterocycles. The minimum Gasteiger partial charge on any atom is -0.485 e. The van der Waals surface area contributed by atoms with E-state index in [-0.39, 0.29) is 24.2 Å². The molecule has 7 nitrogen and oxygen atoms in total. The van der Waals surface area contributed by atoms with Crippen molar-refractivity contribution in [3.05, 3.63) is 70.4 Å². The summed E-state index contributed by atoms with van der Waals surface area (Å²) < 4.78 is 17.2. The average Bonchev–Trinajstić information content (AvgIpc) is 3.34. The molecule has 2 aromatic carbocycles. The zero-order chi connectivity index (χ0) is 22.9. The Morgan fingerprint density at radius 2 is 1.58 bits per heavy atom. The monoisotopic (exact) mass is 486 g/mol. The maximum Gasteiger partial charge on any atom is 0.289 e. The van der Waals surface area contributed by atoms with E-state index in [1.54, 1.807) is 52.3 Å². The van der Waals surface area contributed by atoms with Crippen molar-refractivity contribution in [1.29, 1.82) is 0 Å². The molecular formula is C24H20Cl2N2O5. The van der Waals surface area contributed by atoms with Gasteiger partial charge >= 0.3 is 0 Å². The van der Waals surface area contributed by atoms with Crippen LogP contribution in [0.1, 0.15) is 10.6 Å². The normalized spacial score (nSPS) is 17.7. The average molecular weight is 487 g/mol. The fourth-order valence-electron chi connectivity index (χ4n) is 3.92. The molecule has 5 rings (SSSR count). The van der Waals surface area contributed by atoms with Crippen LogP contribution in [0.4, 0.5) is 0 Å². The summed E-state index contributed by atoms with van der Waals surface area (Å²) in [5.74, 6) is 1.49. The number of fused-ring (bicyclic) bond motifs is 1. The van der Waals surface area contributed by atoms with Crippen LogP contribution in [-0.2, 0) is 4.79 Å². The molecule has 0 radical (unpaired) electrons. The molecule has 1 fully saturated rings. The van der Waals surface area contributed by atoms with Gasteiger partial charge in [0, 0.05) is 31.7 Å². The second kappa shape index (κ2) is 9.00. The quantitative estimate of drug-likeness (QED) is 0.549. The van der Waals surface area contributed by atoms with Crippen molar-refractivity contribution in [3.8, 4) is 22.8 Å². The van der Waals surface area contributed by atoms with E-state index in [4.69, 9.17) is 37.1 Å². The van der Waals surface area contributed by atoms with E-state index in [2.05, 4.69) is 0 Å². The summed E-state index contributed by atoms with van der Waals surface area (Å²) >= 11 is 12.3. The van der Waals surface area contributed by atoms with Gasteiger partial charge in [-0.1, -0.05) is 41.4 Å². The molecule has 1 saturated heterocycles. The molecule has 9 heteroatoms. The number of halogens is 2. The Labute approximate surface area is 200 Å². The first-order chi connectivity index (χ1) is 16.0. The van der Waals surface area contributed by atoms with E-state index >= 15 is 0 Å². The lowest BCUT2D eigenvalue weighted by molar-refractivity contribution is -0.142. The van der Waals surface area contributed by atoms with E-state index in [0.29, 0.717) is 59.0 Å². The highest BCUT2D eigenvalue weighted by molar-refractivity contribution is 6.43. The molecule has 1 aromatic heterocycles. The van der Waals surface area contributed by atoms with Gasteiger partial charge in [-0.05, 0) is 36.4 Å². The van der Waals surface area contributed by atoms with Crippen LogP contribution in [0.3, 0.4) is 0 Å². The predicted molar refractivity (Wildman–Crippen MR) is 123 cm³/mol. The van der Waals surface area contributed by atoms with E-state index in [1.165, 1.54) is 0 Å². The van der Waals surface area contributed by atoms with Gasteiger partial charge in [0.05, 0.1) is 10.0 Å². The summed E-state index contributed by atoms with van der Waals surface area (Å²) in [6, 6.07) is 15.8. The zero-order valence-electron chi connectivity index (χ0n) is 17.5. The Hall–Kier alpha value is -3.16. The first-order valence-electron chi connectivity index (χ1n) is 10.5. The standard InChI is InChI=1S/C24H20Cl2N2O5/c25-16-5-3-4-15(22(16)26)17-8-9-20(32-17)23(29)27-10-12-28(13-11-27)24(30)21-14-31-18-6-1-2-7-19(18)33-21/h1-9,21H,10-14H2/t21-/m0/s1. The van der Waals surface area contributed by atoms with Crippen LogP contribution in [0.5, 0.6) is 11.5 Å². The number of ether oxygens (including phenoxy) is 2. The van der Waals surface area contributed by atoms with Crippen molar-refractivity contribution in [2.75, 3.05) is 32.8 Å². The highest BCUT2D eigenvalue weighted by Crippen LogP contribution is 2.35. The maximum atomic E-state index is 12.9. The van der Waals surface area contributed by atoms with E-state index in [9.17, 15) is 9.59 Å². The molecular weight excluding hydrogens is 467 g/mol. The van der Waals surface area contributed by atoms with Crippen molar-refractivity contribution < 1.29 is 23.5 Å². The summed E-state index contributed by atoms with van der Waals surface area (Å²) in [7, 11) is 0. The van der Waals surface area contributed by atoms with Crippen LogP contribution in [0.2, 0.25) is 10.0 Å². The number of benzene rings is 2. The molecule has 0 bridgehead atoms. The van der Waals surface area contributed by atoms with Gasteiger partial charge in [-0.3, -0.25) is 9.59 Å². The van der Waals surface area contributed by atoms with Gasteiger partial charge in [-0.2, -0.15) is 0 Å². The molecule has 2 aliphatic rings. The number of furan rings is 1. The van der Waals surface area contributed by atoms with Gasteiger partial charge < -0.3 is 23.7 Å². The third-order valence-corrected chi connectivity index (χ3v) is 6.52. The summed E-state index contributed by atoms with van der Waals surface area (Å²) in [4.78, 5) is 29.2. The number of amides is 2. The molecule has 0 spiro atoms. The fourth-order valence-corrected chi connectivity index (χ4v) is 4.32. The predicted octanol–water partition coefficient (Wildman–Crippen LogP) is 4.38. The Bertz CT molecular complexity index is 1200. The van der Waals surface area contributed by atoms with Gasteiger partial charge in [0.25, 0.3) is 11.8 Å². The molecule has 0 unspecified atom stereocenters. The summed E-state index contributed by atoms with van der Waals surface area (Å²) in [5, 5.41) is 0.784. The maximum absolute atomic E-state index is 12.9. The van der Waals surface area contributed by atoms with Crippen LogP contribution in [0.25, 0.3) is 11.3 Å². The third-order valence-electron chi connectivity index (χ3n) is 5.70. The van der Waals surface area contributed by atoms with Gasteiger partial charge in [0.15, 0.2) is 17.3 Å². The van der Waals surface area contributed by atoms with E-state index < -0.39 is 6.10 Å². The number of carbonyl (C=O) groups is 2. The Morgan fingerprint density at radius 3 is 2.36 bits per heavy atom. The second-order valence-electron chi connectivity index (χ2n) is 7.75. The largest absolute Gasteiger partial charge is 0.485 e. The first-order valence-corrected chi connectivity index (χ1v) is 11.3. The molecule has 0 N–H and O–H groups in total. The van der Waals surface area contributed by atoms with Crippen molar-refractivity contribution in [3.63, 3.8) is 0 Å². The van der Waals surface area contributed by atoms with Crippen LogP contribution in [0.15, 0.2) is 59.0 Å². The number of hydrogen-bond donors (Lipinski definition) is 0. The summed E-state index contributed by atoms with van der Waals surface area (Å²) in [6.45, 7) is 1.75. The highest BCUT2D eigenvalue weighted by Gasteiger charge is 2.34. The molecule has 0 saturated carbocycles. The first kappa shape index (κ1) is 21.7. The van der Waals surface area contributed by atoms with Crippen LogP contribution in [-0.4, -0.2) is 60.5 Å². The molecule has 0 aliphatic carbocycles. The lowest BCUT2D eigenvalue weighted by atomic mass is 10.2. The topological polar surface area (TPSA) is 72.2 Å². The Kier molecular flexibility index (Phi) is 5.91. The van der Waals surface area contributed by atoms with Crippen molar-refractivity contribution in [2.45, 2.75) is 6.10 Å². The zero-order valence-corrected chi connectivity index (χ0v) is 19.0. The smallest absolute Gasteiger partial charge is 0.289 e. The second-order valence-corrected chi connectivity index (χ2v) is 8.53. The number of para-hydroxylation sites is 2. The van der Waals surface area contributed by atoms with Crippen molar-refractivity contribution in [1.82, 2.24) is 9.80 Å². The van der Waals surface area contributed by atoms with Crippen LogP contribution >= 0.6 is 23.2 Å². The lowest BCUT2D eigenvalue weighted by Crippen LogP contribution is -2.55. The van der Waals surface area contributed by atoms with Crippen LogP contribution < -0.4 is 9.47 Å². The molecule has 1 atom stereocenters. The molecule has 170 valence electrons. The number of piperazine rings is 1. The van der Waals surface area contributed by atoms with Crippen LogP contribution in [0, 0.1) is 0 Å². The van der Waals surface area contributed by atoms with Gasteiger partial charge in [-0.25, -0.2) is 0 Å².